The molecule has 1 aliphatic heterocycles. The van der Waals surface area contributed by atoms with Crippen molar-refractivity contribution in [3.8, 4) is 0 Å². The molecule has 1 aromatic carbocycles. The Kier molecular flexibility index (Phi) is 4.44. The Bertz CT molecular complexity index is 527. The minimum atomic E-state index is -1.02. The zero-order valence-corrected chi connectivity index (χ0v) is 11.9. The zero-order valence-electron chi connectivity index (χ0n) is 9.60. The SMILES string of the molecule is O=C(O)C1CSCN1C(=O)Nc1cc(Cl)ccc1Cl. The molecule has 0 aliphatic carbocycles. The zero-order chi connectivity index (χ0) is 14.0. The summed E-state index contributed by atoms with van der Waals surface area (Å²) in [7, 11) is 0. The monoisotopic (exact) mass is 320 g/mol. The molecule has 8 heteroatoms. The standard InChI is InChI=1S/C11H10Cl2N2O3S/c12-6-1-2-7(13)8(3-6)14-11(18)15-5-19-4-9(15)10(16)17/h1-3,9H,4-5H2,(H,14,18)(H,16,17). The first-order valence-electron chi connectivity index (χ1n) is 5.32. The van der Waals surface area contributed by atoms with Crippen LogP contribution in [0.3, 0.4) is 0 Å². The average molecular weight is 321 g/mol. The number of aliphatic carboxylic acids is 1. The third-order valence-corrected chi connectivity index (χ3v) is 4.18. The van der Waals surface area contributed by atoms with Crippen LogP contribution in [0.5, 0.6) is 0 Å². The molecule has 2 N–H and O–H groups in total. The maximum absolute atomic E-state index is 12.0. The van der Waals surface area contributed by atoms with Gasteiger partial charge in [-0.05, 0) is 18.2 Å². The van der Waals surface area contributed by atoms with Crippen molar-refractivity contribution in [3.63, 3.8) is 0 Å². The number of carbonyl (C=O) groups excluding carboxylic acids is 1. The molecule has 0 aromatic heterocycles. The highest BCUT2D eigenvalue weighted by Crippen LogP contribution is 2.27. The number of rotatable bonds is 2. The van der Waals surface area contributed by atoms with Crippen molar-refractivity contribution in [2.24, 2.45) is 0 Å². The molecule has 1 saturated heterocycles. The van der Waals surface area contributed by atoms with Crippen molar-refractivity contribution in [2.75, 3.05) is 16.9 Å². The van der Waals surface area contributed by atoms with E-state index in [1.807, 2.05) is 0 Å². The second-order valence-electron chi connectivity index (χ2n) is 3.88. The summed E-state index contributed by atoms with van der Waals surface area (Å²) in [5.41, 5.74) is 0.361. The number of anilines is 1. The van der Waals surface area contributed by atoms with Crippen molar-refractivity contribution in [1.29, 1.82) is 0 Å². The van der Waals surface area contributed by atoms with E-state index in [2.05, 4.69) is 5.32 Å². The number of urea groups is 1. The molecule has 0 bridgehead atoms. The number of benzene rings is 1. The fraction of sp³-hybridized carbons (Fsp3) is 0.273. The molecule has 0 saturated carbocycles. The van der Waals surface area contributed by atoms with Crippen LogP contribution in [0.1, 0.15) is 0 Å². The van der Waals surface area contributed by atoms with Gasteiger partial charge in [0.15, 0.2) is 0 Å². The van der Waals surface area contributed by atoms with Crippen LogP contribution in [0.15, 0.2) is 18.2 Å². The van der Waals surface area contributed by atoms with Crippen molar-refractivity contribution in [1.82, 2.24) is 4.90 Å². The molecular weight excluding hydrogens is 311 g/mol. The predicted molar refractivity (Wildman–Crippen MR) is 76.1 cm³/mol. The van der Waals surface area contributed by atoms with Crippen LogP contribution < -0.4 is 5.32 Å². The summed E-state index contributed by atoms with van der Waals surface area (Å²) in [4.78, 5) is 24.3. The third-order valence-electron chi connectivity index (χ3n) is 2.60. The van der Waals surface area contributed by atoms with Gasteiger partial charge in [-0.15, -0.1) is 11.8 Å². The molecule has 19 heavy (non-hydrogen) atoms. The normalized spacial score (nSPS) is 18.4. The van der Waals surface area contributed by atoms with Gasteiger partial charge in [0.05, 0.1) is 16.6 Å². The number of amides is 2. The van der Waals surface area contributed by atoms with Gasteiger partial charge in [0.2, 0.25) is 0 Å². The summed E-state index contributed by atoms with van der Waals surface area (Å²) in [6.45, 7) is 0. The molecule has 5 nitrogen and oxygen atoms in total. The van der Waals surface area contributed by atoms with Gasteiger partial charge in [0.25, 0.3) is 0 Å². The van der Waals surface area contributed by atoms with Crippen molar-refractivity contribution in [3.05, 3.63) is 28.2 Å². The molecular formula is C11H10Cl2N2O3S. The van der Waals surface area contributed by atoms with Gasteiger partial charge in [-0.1, -0.05) is 23.2 Å². The van der Waals surface area contributed by atoms with Crippen LogP contribution in [0.25, 0.3) is 0 Å². The molecule has 1 aliphatic rings. The molecule has 2 amide bonds. The summed E-state index contributed by atoms with van der Waals surface area (Å²) in [6.07, 6.45) is 0. The van der Waals surface area contributed by atoms with Crippen molar-refractivity contribution >= 4 is 52.7 Å². The fourth-order valence-electron chi connectivity index (χ4n) is 1.63. The number of thioether (sulfide) groups is 1. The van der Waals surface area contributed by atoms with Crippen LogP contribution >= 0.6 is 35.0 Å². The third kappa shape index (κ3) is 3.26. The van der Waals surface area contributed by atoms with Crippen LogP contribution in [0, 0.1) is 0 Å². The van der Waals surface area contributed by atoms with Crippen LogP contribution in [0.4, 0.5) is 10.5 Å². The first-order chi connectivity index (χ1) is 8.99. The summed E-state index contributed by atoms with van der Waals surface area (Å²) in [6, 6.07) is 3.36. The maximum atomic E-state index is 12.0. The van der Waals surface area contributed by atoms with E-state index in [1.54, 1.807) is 12.1 Å². The summed E-state index contributed by atoms with van der Waals surface area (Å²) < 4.78 is 0. The lowest BCUT2D eigenvalue weighted by Gasteiger charge is -2.21. The maximum Gasteiger partial charge on any atom is 0.327 e. The number of nitrogens with zero attached hydrogens (tertiary/aromatic N) is 1. The summed E-state index contributed by atoms with van der Waals surface area (Å²) in [5, 5.41) is 12.4. The highest BCUT2D eigenvalue weighted by atomic mass is 35.5. The van der Waals surface area contributed by atoms with E-state index >= 15 is 0 Å². The number of carbonyl (C=O) groups is 2. The molecule has 102 valence electrons. The molecule has 1 aromatic rings. The molecule has 1 atom stereocenters. The van der Waals surface area contributed by atoms with Crippen LogP contribution in [0.2, 0.25) is 10.0 Å². The number of halogens is 2. The molecule has 1 fully saturated rings. The van der Waals surface area contributed by atoms with E-state index in [9.17, 15) is 9.59 Å². The Morgan fingerprint density at radius 2 is 2.16 bits per heavy atom. The first-order valence-corrected chi connectivity index (χ1v) is 7.23. The quantitative estimate of drug-likeness (QED) is 0.878. The van der Waals surface area contributed by atoms with Gasteiger partial charge in [-0.3, -0.25) is 0 Å². The Hall–Kier alpha value is -1.11. The Morgan fingerprint density at radius 3 is 2.84 bits per heavy atom. The Balaban J connectivity index is 2.12. The van der Waals surface area contributed by atoms with E-state index in [-0.39, 0.29) is 0 Å². The Labute approximate surface area is 123 Å². The highest BCUT2D eigenvalue weighted by molar-refractivity contribution is 7.99. The number of hydrogen-bond donors (Lipinski definition) is 2. The predicted octanol–water partition coefficient (Wildman–Crippen LogP) is 2.98. The summed E-state index contributed by atoms with van der Waals surface area (Å²) >= 11 is 13.1. The lowest BCUT2D eigenvalue weighted by Crippen LogP contribution is -2.44. The smallest absolute Gasteiger partial charge is 0.327 e. The Morgan fingerprint density at radius 1 is 1.42 bits per heavy atom. The summed E-state index contributed by atoms with van der Waals surface area (Å²) in [5.74, 6) is -0.301. The van der Waals surface area contributed by atoms with Gasteiger partial charge in [0.1, 0.15) is 6.04 Å². The highest BCUT2D eigenvalue weighted by Gasteiger charge is 2.34. The van der Waals surface area contributed by atoms with Crippen molar-refractivity contribution < 1.29 is 14.7 Å². The van der Waals surface area contributed by atoms with Gasteiger partial charge >= 0.3 is 12.0 Å². The number of hydrogen-bond acceptors (Lipinski definition) is 3. The molecule has 1 heterocycles. The van der Waals surface area contributed by atoms with Gasteiger partial charge in [0, 0.05) is 10.8 Å². The minimum absolute atomic E-state index is 0.334. The first kappa shape index (κ1) is 14.3. The van der Waals surface area contributed by atoms with Crippen molar-refractivity contribution in [2.45, 2.75) is 6.04 Å². The average Bonchev–Trinajstić information content (AvgIpc) is 2.83. The van der Waals surface area contributed by atoms with E-state index < -0.39 is 18.0 Å². The van der Waals surface area contributed by atoms with Gasteiger partial charge in [-0.2, -0.15) is 0 Å². The fourth-order valence-corrected chi connectivity index (χ4v) is 3.11. The second-order valence-corrected chi connectivity index (χ2v) is 5.72. The lowest BCUT2D eigenvalue weighted by molar-refractivity contribution is -0.140. The largest absolute Gasteiger partial charge is 0.480 e. The van der Waals surface area contributed by atoms with E-state index in [0.717, 1.165) is 0 Å². The van der Waals surface area contributed by atoms with Gasteiger partial charge < -0.3 is 15.3 Å². The molecule has 2 rings (SSSR count). The topological polar surface area (TPSA) is 69.6 Å². The second kappa shape index (κ2) is 5.90. The van der Waals surface area contributed by atoms with E-state index in [1.165, 1.54) is 22.7 Å². The van der Waals surface area contributed by atoms with E-state index in [0.29, 0.717) is 27.4 Å². The lowest BCUT2D eigenvalue weighted by atomic mass is 10.3. The van der Waals surface area contributed by atoms with Gasteiger partial charge in [-0.25, -0.2) is 9.59 Å². The number of carboxylic acid groups (broad SMARTS) is 1. The number of carboxylic acids is 1. The minimum Gasteiger partial charge on any atom is -0.480 e. The van der Waals surface area contributed by atoms with Crippen LogP contribution in [-0.4, -0.2) is 39.7 Å². The molecule has 0 radical (unpaired) electrons. The molecule has 0 spiro atoms. The van der Waals surface area contributed by atoms with E-state index in [4.69, 9.17) is 28.3 Å². The number of nitrogens with one attached hydrogen (secondary N) is 1. The molecule has 1 unspecified atom stereocenters. The van der Waals surface area contributed by atoms with Crippen LogP contribution in [-0.2, 0) is 4.79 Å².